The smallest absolute Gasteiger partial charge is 0.243 e. The lowest BCUT2D eigenvalue weighted by molar-refractivity contribution is -0.0659. The Morgan fingerprint density at radius 3 is 2.45 bits per heavy atom. The second-order valence-electron chi connectivity index (χ2n) is 4.84. The quantitative estimate of drug-likeness (QED) is 0.772. The minimum absolute atomic E-state index is 0.0599. The molecule has 0 amide bonds. The number of nitrogens with zero attached hydrogens (tertiary/aromatic N) is 2. The third kappa shape index (κ3) is 3.25. The van der Waals surface area contributed by atoms with Gasteiger partial charge >= 0.3 is 0 Å². The van der Waals surface area contributed by atoms with Gasteiger partial charge in [-0.25, -0.2) is 23.1 Å². The van der Waals surface area contributed by atoms with Gasteiger partial charge in [0, 0.05) is 20.2 Å². The molecule has 8 heteroatoms. The average molecular weight is 300 g/mol. The molecular formula is C12H20N4O3S. The Bertz CT molecular complexity index is 535. The summed E-state index contributed by atoms with van der Waals surface area (Å²) < 4.78 is 32.2. The Labute approximate surface area is 119 Å². The second-order valence-corrected chi connectivity index (χ2v) is 6.60. The van der Waals surface area contributed by atoms with E-state index < -0.39 is 10.0 Å². The lowest BCUT2D eigenvalue weighted by atomic mass is 9.80. The van der Waals surface area contributed by atoms with Crippen molar-refractivity contribution in [1.29, 1.82) is 0 Å². The highest BCUT2D eigenvalue weighted by Gasteiger charge is 2.38. The van der Waals surface area contributed by atoms with Crippen LogP contribution in [0.2, 0.25) is 0 Å². The molecule has 1 aromatic heterocycles. The van der Waals surface area contributed by atoms with E-state index in [0.29, 0.717) is 12.5 Å². The molecule has 0 saturated heterocycles. The predicted octanol–water partition coefficient (Wildman–Crippen LogP) is 0.756. The second kappa shape index (κ2) is 6.02. The minimum Gasteiger partial charge on any atom is -0.377 e. The van der Waals surface area contributed by atoms with Crippen LogP contribution < -0.4 is 10.0 Å². The molecule has 112 valence electrons. The number of rotatable bonds is 7. The van der Waals surface area contributed by atoms with Gasteiger partial charge in [-0.05, 0) is 26.2 Å². The number of methoxy groups -OCH3 is 1. The lowest BCUT2D eigenvalue weighted by Gasteiger charge is -2.40. The van der Waals surface area contributed by atoms with E-state index in [-0.39, 0.29) is 17.0 Å². The summed E-state index contributed by atoms with van der Waals surface area (Å²) >= 11 is 0. The van der Waals surface area contributed by atoms with Gasteiger partial charge in [0.1, 0.15) is 4.90 Å². The van der Waals surface area contributed by atoms with Crippen molar-refractivity contribution >= 4 is 16.0 Å². The van der Waals surface area contributed by atoms with Gasteiger partial charge in [0.05, 0.1) is 18.0 Å². The van der Waals surface area contributed by atoms with Gasteiger partial charge < -0.3 is 10.1 Å². The summed E-state index contributed by atoms with van der Waals surface area (Å²) in [5, 5.41) is 2.91. The molecule has 20 heavy (non-hydrogen) atoms. The third-order valence-electron chi connectivity index (χ3n) is 3.56. The molecular weight excluding hydrogens is 280 g/mol. The molecule has 1 saturated carbocycles. The van der Waals surface area contributed by atoms with E-state index in [1.165, 1.54) is 12.4 Å². The topological polar surface area (TPSA) is 93.2 Å². The molecule has 0 aliphatic heterocycles. The Balaban J connectivity index is 2.02. The minimum atomic E-state index is -3.59. The maximum absolute atomic E-state index is 12.1. The van der Waals surface area contributed by atoms with E-state index in [4.69, 9.17) is 4.74 Å². The molecule has 2 N–H and O–H groups in total. The van der Waals surface area contributed by atoms with Crippen molar-refractivity contribution in [2.45, 2.75) is 36.7 Å². The fourth-order valence-corrected chi connectivity index (χ4v) is 3.04. The zero-order valence-corrected chi connectivity index (χ0v) is 12.5. The summed E-state index contributed by atoms with van der Waals surface area (Å²) in [6, 6.07) is 0. The SMILES string of the molecule is CCNc1ncc(S(=O)(=O)NCC2(OC)CCC2)cn1. The van der Waals surface area contributed by atoms with Crippen molar-refractivity contribution in [2.24, 2.45) is 0 Å². The Kier molecular flexibility index (Phi) is 4.56. The molecule has 0 aromatic carbocycles. The van der Waals surface area contributed by atoms with Crippen LogP contribution in [0.15, 0.2) is 17.3 Å². The number of anilines is 1. The number of nitrogens with one attached hydrogen (secondary N) is 2. The van der Waals surface area contributed by atoms with Gasteiger partial charge in [-0.3, -0.25) is 0 Å². The van der Waals surface area contributed by atoms with Crippen LogP contribution in [0, 0.1) is 0 Å². The first-order valence-electron chi connectivity index (χ1n) is 6.62. The predicted molar refractivity (Wildman–Crippen MR) is 75.0 cm³/mol. The summed E-state index contributed by atoms with van der Waals surface area (Å²) in [6.07, 6.45) is 5.42. The van der Waals surface area contributed by atoms with Crippen LogP contribution in [-0.4, -0.2) is 44.2 Å². The van der Waals surface area contributed by atoms with E-state index in [0.717, 1.165) is 19.3 Å². The molecule has 1 heterocycles. The largest absolute Gasteiger partial charge is 0.377 e. The monoisotopic (exact) mass is 300 g/mol. The fourth-order valence-electron chi connectivity index (χ4n) is 2.04. The van der Waals surface area contributed by atoms with Crippen molar-refractivity contribution in [1.82, 2.24) is 14.7 Å². The van der Waals surface area contributed by atoms with Crippen LogP contribution in [0.3, 0.4) is 0 Å². The molecule has 0 spiro atoms. The van der Waals surface area contributed by atoms with Gasteiger partial charge in [0.25, 0.3) is 0 Å². The van der Waals surface area contributed by atoms with Gasteiger partial charge in [0.2, 0.25) is 16.0 Å². The Morgan fingerprint density at radius 1 is 1.35 bits per heavy atom. The van der Waals surface area contributed by atoms with Gasteiger partial charge in [-0.2, -0.15) is 0 Å². The molecule has 0 unspecified atom stereocenters. The number of ether oxygens (including phenoxy) is 1. The first kappa shape index (κ1) is 15.1. The molecule has 1 fully saturated rings. The summed E-state index contributed by atoms with van der Waals surface area (Å²) in [5.74, 6) is 0.416. The maximum atomic E-state index is 12.1. The summed E-state index contributed by atoms with van der Waals surface area (Å²) in [7, 11) is -1.98. The normalized spacial score (nSPS) is 17.5. The molecule has 2 rings (SSSR count). The first-order valence-corrected chi connectivity index (χ1v) is 8.10. The van der Waals surface area contributed by atoms with Crippen molar-refractivity contribution < 1.29 is 13.2 Å². The summed E-state index contributed by atoms with van der Waals surface area (Å²) in [4.78, 5) is 7.98. The number of sulfonamides is 1. The molecule has 1 aliphatic rings. The van der Waals surface area contributed by atoms with Crippen LogP contribution in [0.1, 0.15) is 26.2 Å². The molecule has 1 aliphatic carbocycles. The van der Waals surface area contributed by atoms with Gasteiger partial charge in [-0.1, -0.05) is 0 Å². The highest BCUT2D eigenvalue weighted by molar-refractivity contribution is 7.89. The summed E-state index contributed by atoms with van der Waals surface area (Å²) in [6.45, 7) is 2.87. The highest BCUT2D eigenvalue weighted by Crippen LogP contribution is 2.34. The molecule has 0 atom stereocenters. The van der Waals surface area contributed by atoms with Crippen LogP contribution in [-0.2, 0) is 14.8 Å². The van der Waals surface area contributed by atoms with Crippen LogP contribution in [0.4, 0.5) is 5.95 Å². The zero-order chi connectivity index (χ0) is 14.6. The lowest BCUT2D eigenvalue weighted by Crippen LogP contribution is -2.49. The van der Waals surface area contributed by atoms with Crippen molar-refractivity contribution in [3.63, 3.8) is 0 Å². The van der Waals surface area contributed by atoms with Crippen molar-refractivity contribution in [2.75, 3.05) is 25.5 Å². The standard InChI is InChI=1S/C12H20N4O3S/c1-3-13-11-14-7-10(8-15-11)20(17,18)16-9-12(19-2)5-4-6-12/h7-8,16H,3-6,9H2,1-2H3,(H,13,14,15). The van der Waals surface area contributed by atoms with E-state index in [9.17, 15) is 8.42 Å². The van der Waals surface area contributed by atoms with Crippen LogP contribution >= 0.6 is 0 Å². The highest BCUT2D eigenvalue weighted by atomic mass is 32.2. The fraction of sp³-hybridized carbons (Fsp3) is 0.667. The number of hydrogen-bond donors (Lipinski definition) is 2. The zero-order valence-electron chi connectivity index (χ0n) is 11.7. The molecule has 7 nitrogen and oxygen atoms in total. The number of hydrogen-bond acceptors (Lipinski definition) is 6. The van der Waals surface area contributed by atoms with E-state index >= 15 is 0 Å². The number of aromatic nitrogens is 2. The van der Waals surface area contributed by atoms with Gasteiger partial charge in [-0.15, -0.1) is 0 Å². The van der Waals surface area contributed by atoms with E-state index in [1.54, 1.807) is 7.11 Å². The molecule has 0 bridgehead atoms. The molecule has 1 aromatic rings. The van der Waals surface area contributed by atoms with Crippen molar-refractivity contribution in [3.8, 4) is 0 Å². The average Bonchev–Trinajstić information content (AvgIpc) is 2.39. The van der Waals surface area contributed by atoms with Crippen LogP contribution in [0.25, 0.3) is 0 Å². The molecule has 0 radical (unpaired) electrons. The third-order valence-corrected chi connectivity index (χ3v) is 4.91. The summed E-state index contributed by atoms with van der Waals surface area (Å²) in [5.41, 5.74) is -0.350. The van der Waals surface area contributed by atoms with Crippen LogP contribution in [0.5, 0.6) is 0 Å². The maximum Gasteiger partial charge on any atom is 0.243 e. The van der Waals surface area contributed by atoms with E-state index in [2.05, 4.69) is 20.0 Å². The first-order chi connectivity index (χ1) is 9.51. The Morgan fingerprint density at radius 2 is 2.00 bits per heavy atom. The van der Waals surface area contributed by atoms with E-state index in [1.807, 2.05) is 6.92 Å². The van der Waals surface area contributed by atoms with Crippen molar-refractivity contribution in [3.05, 3.63) is 12.4 Å². The van der Waals surface area contributed by atoms with Gasteiger partial charge in [0.15, 0.2) is 0 Å². The Hall–Kier alpha value is -1.25.